The van der Waals surface area contributed by atoms with Crippen molar-refractivity contribution in [1.82, 2.24) is 4.98 Å². The lowest BCUT2D eigenvalue weighted by atomic mass is 10.3. The highest BCUT2D eigenvalue weighted by Crippen LogP contribution is 2.24. The van der Waals surface area contributed by atoms with Gasteiger partial charge in [-0.05, 0) is 30.5 Å². The Kier molecular flexibility index (Phi) is 4.04. The minimum absolute atomic E-state index is 0.507. The second-order valence-corrected chi connectivity index (χ2v) is 4.96. The molecule has 18 heavy (non-hydrogen) atoms. The molecule has 0 fully saturated rings. The zero-order chi connectivity index (χ0) is 13.0. The maximum Gasteiger partial charge on any atom is 0.239 e. The van der Waals surface area contributed by atoms with Gasteiger partial charge in [-0.25, -0.2) is 0 Å². The highest BCUT2D eigenvalue weighted by Gasteiger charge is 2.08. The van der Waals surface area contributed by atoms with Crippen molar-refractivity contribution in [2.75, 3.05) is 24.3 Å². The van der Waals surface area contributed by atoms with Crippen molar-refractivity contribution >= 4 is 22.8 Å². The number of hydrogen-bond acceptors (Lipinski definition) is 5. The molecule has 0 unspecified atom stereocenters. The lowest BCUT2D eigenvalue weighted by Crippen LogP contribution is -2.17. The molecule has 0 amide bonds. The molecule has 0 aliphatic heterocycles. The van der Waals surface area contributed by atoms with Crippen molar-refractivity contribution in [3.8, 4) is 5.88 Å². The van der Waals surface area contributed by atoms with E-state index in [9.17, 15) is 0 Å². The molecule has 4 nitrogen and oxygen atoms in total. The molecule has 0 saturated carbocycles. The monoisotopic (exact) mass is 263 g/mol. The summed E-state index contributed by atoms with van der Waals surface area (Å²) >= 11 is 1.74. The van der Waals surface area contributed by atoms with E-state index in [2.05, 4.69) is 27.4 Å². The van der Waals surface area contributed by atoms with Crippen LogP contribution in [0.4, 0.5) is 11.5 Å². The second-order valence-electron chi connectivity index (χ2n) is 3.93. The Morgan fingerprint density at radius 3 is 2.89 bits per heavy atom. The summed E-state index contributed by atoms with van der Waals surface area (Å²) < 4.78 is 5.40. The van der Waals surface area contributed by atoms with Crippen molar-refractivity contribution in [3.05, 3.63) is 34.5 Å². The number of ether oxygens (including phenoxy) is 1. The van der Waals surface area contributed by atoms with Crippen LogP contribution in [0.15, 0.2) is 29.6 Å². The number of nitrogen functional groups attached to an aromatic ring is 1. The van der Waals surface area contributed by atoms with Gasteiger partial charge in [0.25, 0.3) is 0 Å². The van der Waals surface area contributed by atoms with Gasteiger partial charge >= 0.3 is 0 Å². The summed E-state index contributed by atoms with van der Waals surface area (Å²) in [5.74, 6) is 1.37. The van der Waals surface area contributed by atoms with Crippen LogP contribution in [0, 0.1) is 0 Å². The van der Waals surface area contributed by atoms with E-state index in [1.165, 1.54) is 4.88 Å². The highest BCUT2D eigenvalue weighted by molar-refractivity contribution is 7.09. The zero-order valence-electron chi connectivity index (χ0n) is 10.6. The van der Waals surface area contributed by atoms with E-state index in [0.29, 0.717) is 18.2 Å². The molecule has 0 aliphatic carbocycles. The smallest absolute Gasteiger partial charge is 0.239 e. The third-order valence-corrected chi connectivity index (χ3v) is 3.38. The largest absolute Gasteiger partial charge is 0.476 e. The Morgan fingerprint density at radius 1 is 1.39 bits per heavy atom. The van der Waals surface area contributed by atoms with Crippen LogP contribution >= 0.6 is 11.3 Å². The number of nitrogens with zero attached hydrogens (tertiary/aromatic N) is 2. The van der Waals surface area contributed by atoms with E-state index < -0.39 is 0 Å². The maximum atomic E-state index is 5.81. The standard InChI is InChI=1S/C13H17N3OS/c1-3-17-13-11(14)6-7-12(15-13)16(2)9-10-5-4-8-18-10/h4-8H,3,9,14H2,1-2H3. The Bertz CT molecular complexity index is 499. The first-order valence-corrected chi connectivity index (χ1v) is 6.71. The first-order chi connectivity index (χ1) is 8.70. The third kappa shape index (κ3) is 2.92. The van der Waals surface area contributed by atoms with Gasteiger partial charge in [0.05, 0.1) is 18.8 Å². The molecule has 2 rings (SSSR count). The summed E-state index contributed by atoms with van der Waals surface area (Å²) in [5, 5.41) is 2.07. The first-order valence-electron chi connectivity index (χ1n) is 5.83. The van der Waals surface area contributed by atoms with Gasteiger partial charge in [0.1, 0.15) is 5.82 Å². The molecule has 96 valence electrons. The van der Waals surface area contributed by atoms with Crippen LogP contribution in [0.5, 0.6) is 5.88 Å². The van der Waals surface area contributed by atoms with Gasteiger partial charge in [0, 0.05) is 11.9 Å². The fourth-order valence-electron chi connectivity index (χ4n) is 1.62. The molecule has 2 aromatic rings. The SMILES string of the molecule is CCOc1nc(N(C)Cc2cccs2)ccc1N. The van der Waals surface area contributed by atoms with Crippen molar-refractivity contribution in [2.24, 2.45) is 0 Å². The van der Waals surface area contributed by atoms with Crippen LogP contribution in [0.25, 0.3) is 0 Å². The molecule has 2 aromatic heterocycles. The normalized spacial score (nSPS) is 10.3. The molecule has 0 saturated heterocycles. The molecular formula is C13H17N3OS. The van der Waals surface area contributed by atoms with Crippen molar-refractivity contribution in [2.45, 2.75) is 13.5 Å². The minimum atomic E-state index is 0.507. The summed E-state index contributed by atoms with van der Waals surface area (Å²) in [7, 11) is 2.01. The van der Waals surface area contributed by atoms with E-state index in [1.807, 2.05) is 26.1 Å². The molecule has 0 radical (unpaired) electrons. The molecule has 2 N–H and O–H groups in total. The van der Waals surface area contributed by atoms with Crippen LogP contribution in [0.2, 0.25) is 0 Å². The lowest BCUT2D eigenvalue weighted by Gasteiger charge is -2.18. The van der Waals surface area contributed by atoms with Crippen molar-refractivity contribution < 1.29 is 4.74 Å². The Labute approximate surface area is 111 Å². The zero-order valence-corrected chi connectivity index (χ0v) is 11.4. The van der Waals surface area contributed by atoms with Gasteiger partial charge in [-0.3, -0.25) is 0 Å². The second kappa shape index (κ2) is 5.73. The van der Waals surface area contributed by atoms with Gasteiger partial charge in [-0.2, -0.15) is 4.98 Å². The Morgan fingerprint density at radius 2 is 2.22 bits per heavy atom. The highest BCUT2D eigenvalue weighted by atomic mass is 32.1. The summed E-state index contributed by atoms with van der Waals surface area (Å²) in [6.07, 6.45) is 0. The fourth-order valence-corrected chi connectivity index (χ4v) is 2.38. The van der Waals surface area contributed by atoms with Gasteiger partial charge in [0.15, 0.2) is 0 Å². The first kappa shape index (κ1) is 12.7. The lowest BCUT2D eigenvalue weighted by molar-refractivity contribution is 0.329. The third-order valence-electron chi connectivity index (χ3n) is 2.52. The van der Waals surface area contributed by atoms with E-state index in [0.717, 1.165) is 12.4 Å². The average molecular weight is 263 g/mol. The van der Waals surface area contributed by atoms with Crippen LogP contribution in [-0.2, 0) is 6.54 Å². The van der Waals surface area contributed by atoms with E-state index >= 15 is 0 Å². The average Bonchev–Trinajstić information content (AvgIpc) is 2.85. The van der Waals surface area contributed by atoms with E-state index in [-0.39, 0.29) is 0 Å². The van der Waals surface area contributed by atoms with Crippen LogP contribution in [0.3, 0.4) is 0 Å². The van der Waals surface area contributed by atoms with Crippen molar-refractivity contribution in [3.63, 3.8) is 0 Å². The predicted molar refractivity (Wildman–Crippen MR) is 76.2 cm³/mol. The molecule has 0 aliphatic rings. The van der Waals surface area contributed by atoms with Gasteiger partial charge in [-0.15, -0.1) is 11.3 Å². The number of thiophene rings is 1. The van der Waals surface area contributed by atoms with Crippen molar-refractivity contribution in [1.29, 1.82) is 0 Å². The number of pyridine rings is 1. The topological polar surface area (TPSA) is 51.4 Å². The number of hydrogen-bond donors (Lipinski definition) is 1. The maximum absolute atomic E-state index is 5.81. The van der Waals surface area contributed by atoms with Gasteiger partial charge in [-0.1, -0.05) is 6.07 Å². The number of aromatic nitrogens is 1. The van der Waals surface area contributed by atoms with Gasteiger partial charge < -0.3 is 15.4 Å². The summed E-state index contributed by atoms with van der Waals surface area (Å²) in [5.41, 5.74) is 6.38. The molecule has 2 heterocycles. The van der Waals surface area contributed by atoms with Crippen LogP contribution in [-0.4, -0.2) is 18.6 Å². The Hall–Kier alpha value is -1.75. The molecule has 0 bridgehead atoms. The summed E-state index contributed by atoms with van der Waals surface area (Å²) in [6.45, 7) is 3.32. The molecule has 0 aromatic carbocycles. The van der Waals surface area contributed by atoms with E-state index in [1.54, 1.807) is 11.3 Å². The number of anilines is 2. The molecule has 0 atom stereocenters. The Balaban J connectivity index is 2.14. The summed E-state index contributed by atoms with van der Waals surface area (Å²) in [6, 6.07) is 7.90. The predicted octanol–water partition coefficient (Wildman–Crippen LogP) is 2.76. The number of nitrogens with two attached hydrogens (primary N) is 1. The minimum Gasteiger partial charge on any atom is -0.476 e. The fraction of sp³-hybridized carbons (Fsp3) is 0.308. The molecular weight excluding hydrogens is 246 g/mol. The quantitative estimate of drug-likeness (QED) is 0.901. The molecule has 0 spiro atoms. The van der Waals surface area contributed by atoms with Crippen LogP contribution in [0.1, 0.15) is 11.8 Å². The number of rotatable bonds is 5. The van der Waals surface area contributed by atoms with E-state index in [4.69, 9.17) is 10.5 Å². The summed E-state index contributed by atoms with van der Waals surface area (Å²) in [4.78, 5) is 7.80. The molecule has 5 heteroatoms. The van der Waals surface area contributed by atoms with Crippen LogP contribution < -0.4 is 15.4 Å². The van der Waals surface area contributed by atoms with Gasteiger partial charge in [0.2, 0.25) is 5.88 Å².